The van der Waals surface area contributed by atoms with Gasteiger partial charge in [0.15, 0.2) is 0 Å². The third-order valence-corrected chi connectivity index (χ3v) is 4.80. The van der Waals surface area contributed by atoms with Gasteiger partial charge in [0.25, 0.3) is 5.91 Å². The predicted molar refractivity (Wildman–Crippen MR) is 85.8 cm³/mol. The van der Waals surface area contributed by atoms with E-state index in [2.05, 4.69) is 29.0 Å². The van der Waals surface area contributed by atoms with E-state index < -0.39 is 0 Å². The van der Waals surface area contributed by atoms with Crippen LogP contribution in [-0.2, 0) is 0 Å². The minimum absolute atomic E-state index is 0.171. The van der Waals surface area contributed by atoms with Crippen LogP contribution in [0.2, 0.25) is 0 Å². The zero-order valence-corrected chi connectivity index (χ0v) is 13.3. The molecule has 1 N–H and O–H groups in total. The Morgan fingerprint density at radius 1 is 1.32 bits per heavy atom. The number of nitrogens with zero attached hydrogens (tertiary/aromatic N) is 2. The third-order valence-electron chi connectivity index (χ3n) is 4.80. The number of nitrogens with one attached hydrogen (secondary N) is 1. The van der Waals surface area contributed by atoms with Crippen molar-refractivity contribution in [1.82, 2.24) is 10.2 Å². The van der Waals surface area contributed by atoms with Crippen molar-refractivity contribution in [2.24, 2.45) is 5.92 Å². The number of halogens is 1. The van der Waals surface area contributed by atoms with E-state index >= 15 is 0 Å². The largest absolute Gasteiger partial charge is 0.367 e. The van der Waals surface area contributed by atoms with Crippen LogP contribution in [0.25, 0.3) is 0 Å². The zero-order chi connectivity index (χ0) is 15.7. The SMILES string of the molecule is CCN1CCN(c2ccc(C(=O)NC3CC3C)cc2F)CC1. The fraction of sp³-hybridized carbons (Fsp3) is 0.588. The summed E-state index contributed by atoms with van der Waals surface area (Å²) in [4.78, 5) is 16.5. The highest BCUT2D eigenvalue weighted by Crippen LogP contribution is 2.29. The van der Waals surface area contributed by atoms with Crippen LogP contribution >= 0.6 is 0 Å². The summed E-state index contributed by atoms with van der Waals surface area (Å²) in [5, 5.41) is 2.93. The van der Waals surface area contributed by atoms with Crippen LogP contribution in [0.4, 0.5) is 10.1 Å². The molecule has 2 unspecified atom stereocenters. The molecule has 3 rings (SSSR count). The van der Waals surface area contributed by atoms with Gasteiger partial charge in [-0.2, -0.15) is 0 Å². The summed E-state index contributed by atoms with van der Waals surface area (Å²) in [7, 11) is 0. The van der Waals surface area contributed by atoms with Crippen molar-refractivity contribution in [1.29, 1.82) is 0 Å². The first-order chi connectivity index (χ1) is 10.6. The average Bonchev–Trinajstić information content (AvgIpc) is 3.22. The van der Waals surface area contributed by atoms with E-state index in [4.69, 9.17) is 0 Å². The molecule has 2 aliphatic rings. The van der Waals surface area contributed by atoms with E-state index in [1.54, 1.807) is 12.1 Å². The fourth-order valence-corrected chi connectivity index (χ4v) is 2.98. The molecule has 1 heterocycles. The Morgan fingerprint density at radius 3 is 2.55 bits per heavy atom. The number of rotatable bonds is 4. The monoisotopic (exact) mass is 305 g/mol. The summed E-state index contributed by atoms with van der Waals surface area (Å²) in [5.41, 5.74) is 1.01. The van der Waals surface area contributed by atoms with Gasteiger partial charge in [-0.25, -0.2) is 4.39 Å². The summed E-state index contributed by atoms with van der Waals surface area (Å²) in [5.74, 6) is 0.0694. The number of benzene rings is 1. The maximum absolute atomic E-state index is 14.4. The molecule has 2 atom stereocenters. The second-order valence-electron chi connectivity index (χ2n) is 6.38. The van der Waals surface area contributed by atoms with Gasteiger partial charge in [0.05, 0.1) is 5.69 Å². The maximum atomic E-state index is 14.4. The van der Waals surface area contributed by atoms with E-state index in [-0.39, 0.29) is 17.8 Å². The summed E-state index contributed by atoms with van der Waals surface area (Å²) in [6, 6.07) is 5.09. The van der Waals surface area contributed by atoms with E-state index in [1.807, 2.05) is 0 Å². The number of piperazine rings is 1. The van der Waals surface area contributed by atoms with Gasteiger partial charge in [-0.15, -0.1) is 0 Å². The molecule has 0 aromatic heterocycles. The minimum Gasteiger partial charge on any atom is -0.367 e. The first-order valence-electron chi connectivity index (χ1n) is 8.16. The zero-order valence-electron chi connectivity index (χ0n) is 13.3. The van der Waals surface area contributed by atoms with E-state index in [0.717, 1.165) is 39.1 Å². The van der Waals surface area contributed by atoms with Gasteiger partial charge < -0.3 is 15.1 Å². The number of carbonyl (C=O) groups is 1. The Balaban J connectivity index is 1.65. The average molecular weight is 305 g/mol. The summed E-state index contributed by atoms with van der Waals surface area (Å²) < 4.78 is 14.4. The van der Waals surface area contributed by atoms with Crippen molar-refractivity contribution in [2.75, 3.05) is 37.6 Å². The fourth-order valence-electron chi connectivity index (χ4n) is 2.98. The molecule has 1 aromatic carbocycles. The van der Waals surface area contributed by atoms with E-state index in [1.165, 1.54) is 6.07 Å². The summed E-state index contributed by atoms with van der Waals surface area (Å²) >= 11 is 0. The van der Waals surface area contributed by atoms with Gasteiger partial charge >= 0.3 is 0 Å². The standard InChI is InChI=1S/C17H24FN3O/c1-3-20-6-8-21(9-7-20)16-5-4-13(11-14(16)18)17(22)19-15-10-12(15)2/h4-5,11-12,15H,3,6-10H2,1-2H3,(H,19,22). The molecule has 1 aliphatic carbocycles. The topological polar surface area (TPSA) is 35.6 Å². The van der Waals surface area contributed by atoms with Gasteiger partial charge in [-0.05, 0) is 37.1 Å². The Hall–Kier alpha value is -1.62. The van der Waals surface area contributed by atoms with Crippen LogP contribution in [0.3, 0.4) is 0 Å². The number of hydrogen-bond donors (Lipinski definition) is 1. The number of amides is 1. The van der Waals surface area contributed by atoms with E-state index in [0.29, 0.717) is 17.2 Å². The molecule has 2 fully saturated rings. The second-order valence-corrected chi connectivity index (χ2v) is 6.38. The molecule has 22 heavy (non-hydrogen) atoms. The summed E-state index contributed by atoms with van der Waals surface area (Å²) in [6.07, 6.45) is 1.02. The van der Waals surface area contributed by atoms with Crippen molar-refractivity contribution >= 4 is 11.6 Å². The van der Waals surface area contributed by atoms with Crippen molar-refractivity contribution in [3.05, 3.63) is 29.6 Å². The van der Waals surface area contributed by atoms with Crippen molar-refractivity contribution in [3.63, 3.8) is 0 Å². The lowest BCUT2D eigenvalue weighted by atomic mass is 10.1. The van der Waals surface area contributed by atoms with Crippen LogP contribution in [0, 0.1) is 11.7 Å². The molecule has 0 radical (unpaired) electrons. The lowest BCUT2D eigenvalue weighted by Crippen LogP contribution is -2.46. The molecule has 1 saturated carbocycles. The first-order valence-corrected chi connectivity index (χ1v) is 8.16. The van der Waals surface area contributed by atoms with E-state index in [9.17, 15) is 9.18 Å². The van der Waals surface area contributed by atoms with Gasteiger partial charge in [0, 0.05) is 37.8 Å². The first kappa shape index (κ1) is 15.3. The molecule has 0 bridgehead atoms. The van der Waals surface area contributed by atoms with Crippen LogP contribution < -0.4 is 10.2 Å². The van der Waals surface area contributed by atoms with Gasteiger partial charge in [0.2, 0.25) is 0 Å². The molecule has 1 aliphatic heterocycles. The van der Waals surface area contributed by atoms with Gasteiger partial charge in [0.1, 0.15) is 5.82 Å². The summed E-state index contributed by atoms with van der Waals surface area (Å²) in [6.45, 7) is 8.85. The van der Waals surface area contributed by atoms with Crippen molar-refractivity contribution < 1.29 is 9.18 Å². The van der Waals surface area contributed by atoms with Crippen molar-refractivity contribution in [2.45, 2.75) is 26.3 Å². The van der Waals surface area contributed by atoms with Crippen LogP contribution in [0.5, 0.6) is 0 Å². The quantitative estimate of drug-likeness (QED) is 0.925. The van der Waals surface area contributed by atoms with Gasteiger partial charge in [-0.3, -0.25) is 4.79 Å². The van der Waals surface area contributed by atoms with Gasteiger partial charge in [-0.1, -0.05) is 13.8 Å². The molecule has 1 saturated heterocycles. The Labute approximate surface area is 131 Å². The maximum Gasteiger partial charge on any atom is 0.251 e. The third kappa shape index (κ3) is 3.24. The molecule has 120 valence electrons. The minimum atomic E-state index is -0.304. The Morgan fingerprint density at radius 2 is 2.00 bits per heavy atom. The highest BCUT2D eigenvalue weighted by atomic mass is 19.1. The Bertz CT molecular complexity index is 555. The number of carbonyl (C=O) groups excluding carboxylic acids is 1. The van der Waals surface area contributed by atoms with Crippen LogP contribution in [-0.4, -0.2) is 49.6 Å². The lowest BCUT2D eigenvalue weighted by molar-refractivity contribution is 0.0949. The normalized spacial score (nSPS) is 25.1. The Kier molecular flexibility index (Phi) is 4.34. The molecule has 0 spiro atoms. The smallest absolute Gasteiger partial charge is 0.251 e. The van der Waals surface area contributed by atoms with Crippen LogP contribution in [0.15, 0.2) is 18.2 Å². The highest BCUT2D eigenvalue weighted by molar-refractivity contribution is 5.95. The number of hydrogen-bond acceptors (Lipinski definition) is 3. The second kappa shape index (κ2) is 6.24. The molecular weight excluding hydrogens is 281 g/mol. The van der Waals surface area contributed by atoms with Crippen LogP contribution in [0.1, 0.15) is 30.6 Å². The lowest BCUT2D eigenvalue weighted by Gasteiger charge is -2.35. The number of likely N-dealkylation sites (N-methyl/N-ethyl adjacent to an activating group) is 1. The van der Waals surface area contributed by atoms with Crippen molar-refractivity contribution in [3.8, 4) is 0 Å². The molecule has 1 aromatic rings. The molecule has 5 heteroatoms. The number of anilines is 1. The molecule has 4 nitrogen and oxygen atoms in total. The highest BCUT2D eigenvalue weighted by Gasteiger charge is 2.34. The molecular formula is C17H24FN3O. The predicted octanol–water partition coefficient (Wildman–Crippen LogP) is 2.11. The molecule has 1 amide bonds.